The molecule has 2 aromatic carbocycles. The van der Waals surface area contributed by atoms with E-state index in [9.17, 15) is 14.9 Å². The highest BCUT2D eigenvalue weighted by Crippen LogP contribution is 2.31. The standard InChI is InChI=1S/C18H16BrClN4O3S/c19-12-4-5-14(13(20)10-12)21-18(28)22-17(25)11-3-6-15(16(9-11)24(26)27)23-7-1-2-8-23/h3-6,9-10H,1-2,7-8H2,(H2,21,22,25,28). The summed E-state index contributed by atoms with van der Waals surface area (Å²) in [6.45, 7) is 1.54. The molecular formula is C18H16BrClN4O3S. The van der Waals surface area contributed by atoms with Crippen molar-refractivity contribution in [2.45, 2.75) is 12.8 Å². The van der Waals surface area contributed by atoms with Crippen LogP contribution in [0.5, 0.6) is 0 Å². The highest BCUT2D eigenvalue weighted by Gasteiger charge is 2.24. The summed E-state index contributed by atoms with van der Waals surface area (Å²) in [7, 11) is 0. The number of carbonyl (C=O) groups is 1. The van der Waals surface area contributed by atoms with E-state index in [0.717, 1.165) is 30.4 Å². The van der Waals surface area contributed by atoms with Crippen molar-refractivity contribution in [1.82, 2.24) is 5.32 Å². The molecule has 10 heteroatoms. The molecule has 1 heterocycles. The van der Waals surface area contributed by atoms with Gasteiger partial charge >= 0.3 is 0 Å². The van der Waals surface area contributed by atoms with Gasteiger partial charge in [0.1, 0.15) is 5.69 Å². The zero-order valence-corrected chi connectivity index (χ0v) is 17.7. The third kappa shape index (κ3) is 4.78. The van der Waals surface area contributed by atoms with Crippen LogP contribution in [0.15, 0.2) is 40.9 Å². The van der Waals surface area contributed by atoms with Crippen LogP contribution in [0.3, 0.4) is 0 Å². The zero-order valence-electron chi connectivity index (χ0n) is 14.6. The van der Waals surface area contributed by atoms with Gasteiger partial charge in [0, 0.05) is 29.2 Å². The fourth-order valence-corrected chi connectivity index (χ4v) is 3.88. The minimum Gasteiger partial charge on any atom is -0.366 e. The molecule has 1 amide bonds. The summed E-state index contributed by atoms with van der Waals surface area (Å²) >= 11 is 14.6. The number of carbonyl (C=O) groups excluding carboxylic acids is 1. The van der Waals surface area contributed by atoms with E-state index in [1.807, 2.05) is 4.90 Å². The van der Waals surface area contributed by atoms with Gasteiger partial charge in [0.25, 0.3) is 11.6 Å². The van der Waals surface area contributed by atoms with Gasteiger partial charge in [-0.1, -0.05) is 27.5 Å². The smallest absolute Gasteiger partial charge is 0.293 e. The summed E-state index contributed by atoms with van der Waals surface area (Å²) in [6, 6.07) is 9.62. The minimum absolute atomic E-state index is 0.0421. The van der Waals surface area contributed by atoms with Crippen LogP contribution in [0.2, 0.25) is 5.02 Å². The monoisotopic (exact) mass is 482 g/mol. The number of nitro groups is 1. The molecule has 0 spiro atoms. The van der Waals surface area contributed by atoms with Gasteiger partial charge in [-0.2, -0.15) is 0 Å². The Hall–Kier alpha value is -2.23. The maximum absolute atomic E-state index is 12.5. The average Bonchev–Trinajstić information content (AvgIpc) is 3.18. The molecule has 1 aliphatic rings. The minimum atomic E-state index is -0.540. The van der Waals surface area contributed by atoms with E-state index < -0.39 is 10.8 Å². The first-order chi connectivity index (χ1) is 13.3. The van der Waals surface area contributed by atoms with Gasteiger partial charge in [-0.3, -0.25) is 20.2 Å². The Bertz CT molecular complexity index is 950. The molecule has 1 saturated heterocycles. The predicted octanol–water partition coefficient (Wildman–Crippen LogP) is 4.74. The summed E-state index contributed by atoms with van der Waals surface area (Å²) in [5.74, 6) is -0.540. The van der Waals surface area contributed by atoms with Crippen LogP contribution in [0.4, 0.5) is 17.1 Å². The molecule has 0 bridgehead atoms. The number of amides is 1. The summed E-state index contributed by atoms with van der Waals surface area (Å²) in [5, 5.41) is 17.3. The van der Waals surface area contributed by atoms with Crippen LogP contribution in [0, 0.1) is 10.1 Å². The molecule has 7 nitrogen and oxygen atoms in total. The van der Waals surface area contributed by atoms with Crippen molar-refractivity contribution in [3.63, 3.8) is 0 Å². The first kappa shape index (κ1) is 20.5. The lowest BCUT2D eigenvalue weighted by Gasteiger charge is -2.18. The largest absolute Gasteiger partial charge is 0.366 e. The topological polar surface area (TPSA) is 87.5 Å². The molecule has 0 saturated carbocycles. The number of anilines is 2. The maximum Gasteiger partial charge on any atom is 0.293 e. The number of hydrogen-bond acceptors (Lipinski definition) is 5. The predicted molar refractivity (Wildman–Crippen MR) is 117 cm³/mol. The summed E-state index contributed by atoms with van der Waals surface area (Å²) in [5.41, 5.74) is 1.12. The molecule has 0 unspecified atom stereocenters. The van der Waals surface area contributed by atoms with Gasteiger partial charge in [0.15, 0.2) is 5.11 Å². The van der Waals surface area contributed by atoms with Crippen LogP contribution < -0.4 is 15.5 Å². The Morgan fingerprint density at radius 3 is 2.57 bits per heavy atom. The van der Waals surface area contributed by atoms with Crippen molar-refractivity contribution in [3.05, 3.63) is 61.6 Å². The molecule has 0 aliphatic carbocycles. The summed E-state index contributed by atoms with van der Waals surface area (Å²) < 4.78 is 0.809. The number of benzene rings is 2. The second-order valence-corrected chi connectivity index (χ2v) is 7.92. The highest BCUT2D eigenvalue weighted by molar-refractivity contribution is 9.10. The Kier molecular flexibility index (Phi) is 6.48. The van der Waals surface area contributed by atoms with Crippen LogP contribution >= 0.6 is 39.7 Å². The molecule has 0 atom stereocenters. The van der Waals surface area contributed by atoms with E-state index in [1.54, 1.807) is 30.3 Å². The lowest BCUT2D eigenvalue weighted by atomic mass is 10.1. The molecule has 3 rings (SSSR count). The maximum atomic E-state index is 12.5. The van der Waals surface area contributed by atoms with Gasteiger partial charge in [-0.25, -0.2) is 0 Å². The molecule has 1 fully saturated rings. The van der Waals surface area contributed by atoms with Crippen molar-refractivity contribution in [2.75, 3.05) is 23.3 Å². The molecule has 0 radical (unpaired) electrons. The normalized spacial score (nSPS) is 13.3. The van der Waals surface area contributed by atoms with Crippen LogP contribution in [-0.2, 0) is 0 Å². The van der Waals surface area contributed by atoms with Crippen LogP contribution in [0.25, 0.3) is 0 Å². The number of thiocarbonyl (C=S) groups is 1. The van der Waals surface area contributed by atoms with Gasteiger partial charge in [0.05, 0.1) is 15.6 Å². The highest BCUT2D eigenvalue weighted by atomic mass is 79.9. The van der Waals surface area contributed by atoms with Gasteiger partial charge < -0.3 is 10.2 Å². The third-order valence-corrected chi connectivity index (χ3v) is 5.30. The number of nitrogens with one attached hydrogen (secondary N) is 2. The molecule has 0 aromatic heterocycles. The van der Waals surface area contributed by atoms with E-state index in [2.05, 4.69) is 26.6 Å². The lowest BCUT2D eigenvalue weighted by Crippen LogP contribution is -2.34. The van der Waals surface area contributed by atoms with E-state index >= 15 is 0 Å². The Morgan fingerprint density at radius 1 is 1.21 bits per heavy atom. The van der Waals surface area contributed by atoms with Crippen molar-refractivity contribution in [2.24, 2.45) is 0 Å². The second-order valence-electron chi connectivity index (χ2n) is 6.19. The fourth-order valence-electron chi connectivity index (χ4n) is 2.96. The van der Waals surface area contributed by atoms with Crippen molar-refractivity contribution in [3.8, 4) is 0 Å². The molecule has 28 heavy (non-hydrogen) atoms. The van der Waals surface area contributed by atoms with Gasteiger partial charge in [0.2, 0.25) is 0 Å². The molecule has 1 aliphatic heterocycles. The first-order valence-electron chi connectivity index (χ1n) is 8.46. The van der Waals surface area contributed by atoms with Crippen molar-refractivity contribution >= 4 is 67.8 Å². The number of rotatable bonds is 4. The van der Waals surface area contributed by atoms with E-state index in [4.69, 9.17) is 23.8 Å². The molecule has 2 aromatic rings. The van der Waals surface area contributed by atoms with E-state index in [0.29, 0.717) is 16.4 Å². The zero-order chi connectivity index (χ0) is 20.3. The Labute approximate surface area is 180 Å². The van der Waals surface area contributed by atoms with Crippen LogP contribution in [-0.4, -0.2) is 29.0 Å². The van der Waals surface area contributed by atoms with Crippen LogP contribution in [0.1, 0.15) is 23.2 Å². The number of nitro benzene ring substituents is 1. The van der Waals surface area contributed by atoms with E-state index in [-0.39, 0.29) is 16.4 Å². The molecular weight excluding hydrogens is 468 g/mol. The third-order valence-electron chi connectivity index (χ3n) is 4.29. The average molecular weight is 484 g/mol. The number of nitrogens with zero attached hydrogens (tertiary/aromatic N) is 2. The van der Waals surface area contributed by atoms with Gasteiger partial charge in [-0.15, -0.1) is 0 Å². The quantitative estimate of drug-likeness (QED) is 0.371. The second kappa shape index (κ2) is 8.85. The van der Waals surface area contributed by atoms with E-state index in [1.165, 1.54) is 6.07 Å². The van der Waals surface area contributed by atoms with Crippen molar-refractivity contribution in [1.29, 1.82) is 0 Å². The SMILES string of the molecule is O=C(NC(=S)Nc1ccc(Br)cc1Cl)c1ccc(N2CCCC2)c([N+](=O)[O-])c1. The number of hydrogen-bond donors (Lipinski definition) is 2. The summed E-state index contributed by atoms with van der Waals surface area (Å²) in [4.78, 5) is 25.4. The summed E-state index contributed by atoms with van der Waals surface area (Å²) in [6.07, 6.45) is 2.00. The Morgan fingerprint density at radius 2 is 1.93 bits per heavy atom. The first-order valence-corrected chi connectivity index (χ1v) is 10.0. The fraction of sp³-hybridized carbons (Fsp3) is 0.222. The molecule has 146 valence electrons. The number of halogens is 2. The van der Waals surface area contributed by atoms with Gasteiger partial charge in [-0.05, 0) is 55.4 Å². The van der Waals surface area contributed by atoms with Crippen molar-refractivity contribution < 1.29 is 9.72 Å². The Balaban J connectivity index is 1.73. The molecule has 2 N–H and O–H groups in total. The lowest BCUT2D eigenvalue weighted by molar-refractivity contribution is -0.384.